The Bertz CT molecular complexity index is 260. The number of aromatic nitrogens is 2. The molecule has 0 aliphatic rings. The first-order valence-corrected chi connectivity index (χ1v) is 3.06. The number of hydrogen-bond donors (Lipinski definition) is 1. The van der Waals surface area contributed by atoms with Crippen LogP contribution >= 0.6 is 12.4 Å². The summed E-state index contributed by atoms with van der Waals surface area (Å²) in [6.07, 6.45) is 3.14. The summed E-state index contributed by atoms with van der Waals surface area (Å²) >= 11 is 0. The van der Waals surface area contributed by atoms with E-state index in [-0.39, 0.29) is 18.1 Å². The van der Waals surface area contributed by atoms with Gasteiger partial charge in [-0.05, 0) is 6.07 Å². The lowest BCUT2D eigenvalue weighted by Crippen LogP contribution is -2.24. The van der Waals surface area contributed by atoms with E-state index in [0.717, 1.165) is 0 Å². The molecule has 1 aromatic heterocycles. The maximum absolute atomic E-state index is 10.8. The van der Waals surface area contributed by atoms with E-state index in [9.17, 15) is 4.79 Å². The van der Waals surface area contributed by atoms with Gasteiger partial charge in [-0.15, -0.1) is 12.4 Å². The van der Waals surface area contributed by atoms with Crippen LogP contribution in [-0.2, 0) is 6.54 Å². The van der Waals surface area contributed by atoms with Crippen LogP contribution in [0.15, 0.2) is 23.3 Å². The molecule has 0 fully saturated rings. The van der Waals surface area contributed by atoms with E-state index in [4.69, 9.17) is 5.73 Å². The van der Waals surface area contributed by atoms with Crippen molar-refractivity contribution < 1.29 is 0 Å². The Kier molecular flexibility index (Phi) is 4.49. The fourth-order valence-corrected chi connectivity index (χ4v) is 0.696. The molecular formula is C6H10ClN3O. The molecule has 5 heteroatoms. The van der Waals surface area contributed by atoms with Crippen molar-refractivity contribution in [1.29, 1.82) is 0 Å². The molecule has 0 saturated carbocycles. The summed E-state index contributed by atoms with van der Waals surface area (Å²) in [6.45, 7) is 0.998. The Morgan fingerprint density at radius 2 is 2.36 bits per heavy atom. The lowest BCUT2D eigenvalue weighted by atomic mass is 10.6. The molecule has 0 aromatic carbocycles. The van der Waals surface area contributed by atoms with Gasteiger partial charge < -0.3 is 5.73 Å². The van der Waals surface area contributed by atoms with Crippen LogP contribution in [0.5, 0.6) is 0 Å². The van der Waals surface area contributed by atoms with Crippen LogP contribution in [0.4, 0.5) is 0 Å². The highest BCUT2D eigenvalue weighted by molar-refractivity contribution is 5.85. The van der Waals surface area contributed by atoms with Gasteiger partial charge in [0, 0.05) is 25.5 Å². The molecule has 0 radical (unpaired) electrons. The summed E-state index contributed by atoms with van der Waals surface area (Å²) in [5.74, 6) is 0. The first-order valence-electron chi connectivity index (χ1n) is 3.06. The van der Waals surface area contributed by atoms with Crippen LogP contribution in [0.25, 0.3) is 0 Å². The van der Waals surface area contributed by atoms with Gasteiger partial charge >= 0.3 is 5.69 Å². The van der Waals surface area contributed by atoms with Gasteiger partial charge in [-0.25, -0.2) is 9.78 Å². The second kappa shape index (κ2) is 4.87. The highest BCUT2D eigenvalue weighted by Gasteiger charge is 1.89. The van der Waals surface area contributed by atoms with Crippen molar-refractivity contribution >= 4 is 12.4 Å². The second-order valence-electron chi connectivity index (χ2n) is 1.88. The van der Waals surface area contributed by atoms with Gasteiger partial charge in [-0.1, -0.05) is 0 Å². The third-order valence-corrected chi connectivity index (χ3v) is 1.15. The molecule has 0 aliphatic carbocycles. The van der Waals surface area contributed by atoms with Crippen molar-refractivity contribution in [1.82, 2.24) is 9.55 Å². The molecule has 1 rings (SSSR count). The summed E-state index contributed by atoms with van der Waals surface area (Å²) in [5, 5.41) is 0. The Balaban J connectivity index is 0.000001000. The van der Waals surface area contributed by atoms with Crippen molar-refractivity contribution in [3.8, 4) is 0 Å². The van der Waals surface area contributed by atoms with Gasteiger partial charge in [0.2, 0.25) is 0 Å². The summed E-state index contributed by atoms with van der Waals surface area (Å²) in [4.78, 5) is 14.4. The van der Waals surface area contributed by atoms with E-state index >= 15 is 0 Å². The van der Waals surface area contributed by atoms with Crippen LogP contribution < -0.4 is 11.4 Å². The maximum atomic E-state index is 10.8. The predicted molar refractivity (Wildman–Crippen MR) is 44.8 cm³/mol. The first kappa shape index (κ1) is 10.1. The number of nitrogens with two attached hydrogens (primary N) is 1. The minimum absolute atomic E-state index is 0. The highest BCUT2D eigenvalue weighted by Crippen LogP contribution is 1.75. The summed E-state index contributed by atoms with van der Waals surface area (Å²) in [5.41, 5.74) is 5.00. The van der Waals surface area contributed by atoms with Crippen LogP contribution in [0.3, 0.4) is 0 Å². The van der Waals surface area contributed by atoms with Crippen molar-refractivity contribution in [3.63, 3.8) is 0 Å². The second-order valence-corrected chi connectivity index (χ2v) is 1.88. The van der Waals surface area contributed by atoms with Crippen molar-refractivity contribution in [2.75, 3.05) is 6.54 Å². The molecule has 2 N–H and O–H groups in total. The standard InChI is InChI=1S/C6H9N3O.ClH/c7-2-5-9-4-1-3-8-6(9)10;/h1,3-4H,2,5,7H2;1H. The third-order valence-electron chi connectivity index (χ3n) is 1.15. The molecule has 0 atom stereocenters. The van der Waals surface area contributed by atoms with E-state index in [1.165, 1.54) is 10.8 Å². The molecule has 0 unspecified atom stereocenters. The van der Waals surface area contributed by atoms with E-state index in [2.05, 4.69) is 4.98 Å². The third kappa shape index (κ3) is 2.69. The van der Waals surface area contributed by atoms with Crippen LogP contribution in [0, 0.1) is 0 Å². The number of rotatable bonds is 2. The fraction of sp³-hybridized carbons (Fsp3) is 0.333. The number of nitrogens with zero attached hydrogens (tertiary/aromatic N) is 2. The zero-order valence-corrected chi connectivity index (χ0v) is 6.75. The first-order chi connectivity index (χ1) is 4.84. The van der Waals surface area contributed by atoms with Crippen LogP contribution in [0.1, 0.15) is 0 Å². The Labute approximate surface area is 70.5 Å². The fourth-order valence-electron chi connectivity index (χ4n) is 0.696. The van der Waals surface area contributed by atoms with E-state index in [1.807, 2.05) is 0 Å². The molecule has 62 valence electrons. The monoisotopic (exact) mass is 175 g/mol. The molecule has 1 aromatic rings. The topological polar surface area (TPSA) is 60.9 Å². The smallest absolute Gasteiger partial charge is 0.329 e. The zero-order valence-electron chi connectivity index (χ0n) is 5.93. The minimum atomic E-state index is -0.243. The van der Waals surface area contributed by atoms with E-state index in [0.29, 0.717) is 13.1 Å². The largest absolute Gasteiger partial charge is 0.347 e. The number of hydrogen-bond acceptors (Lipinski definition) is 3. The van der Waals surface area contributed by atoms with E-state index in [1.54, 1.807) is 12.3 Å². The molecular weight excluding hydrogens is 166 g/mol. The molecule has 4 nitrogen and oxygen atoms in total. The SMILES string of the molecule is Cl.NCCn1cccnc1=O. The van der Waals surface area contributed by atoms with Gasteiger partial charge in [0.05, 0.1) is 0 Å². The molecule has 0 aliphatic heterocycles. The predicted octanol–water partition coefficient (Wildman–Crippen LogP) is -0.376. The summed E-state index contributed by atoms with van der Waals surface area (Å²) in [7, 11) is 0. The van der Waals surface area contributed by atoms with E-state index < -0.39 is 0 Å². The molecule has 0 saturated heterocycles. The quantitative estimate of drug-likeness (QED) is 0.667. The lowest BCUT2D eigenvalue weighted by molar-refractivity contribution is 0.659. The highest BCUT2D eigenvalue weighted by atomic mass is 35.5. The molecule has 11 heavy (non-hydrogen) atoms. The Hall–Kier alpha value is -0.870. The van der Waals surface area contributed by atoms with Gasteiger partial charge in [0.15, 0.2) is 0 Å². The molecule has 0 bridgehead atoms. The average Bonchev–Trinajstić information content (AvgIpc) is 1.94. The van der Waals surface area contributed by atoms with Gasteiger partial charge in [0.25, 0.3) is 0 Å². The van der Waals surface area contributed by atoms with Gasteiger partial charge in [0.1, 0.15) is 0 Å². The summed E-state index contributed by atoms with van der Waals surface area (Å²) < 4.78 is 1.47. The number of halogens is 1. The molecule has 1 heterocycles. The average molecular weight is 176 g/mol. The van der Waals surface area contributed by atoms with Crippen molar-refractivity contribution in [3.05, 3.63) is 28.9 Å². The van der Waals surface area contributed by atoms with Gasteiger partial charge in [-0.2, -0.15) is 0 Å². The Morgan fingerprint density at radius 1 is 1.64 bits per heavy atom. The maximum Gasteiger partial charge on any atom is 0.347 e. The van der Waals surface area contributed by atoms with Crippen molar-refractivity contribution in [2.45, 2.75) is 6.54 Å². The van der Waals surface area contributed by atoms with Crippen molar-refractivity contribution in [2.24, 2.45) is 5.73 Å². The zero-order chi connectivity index (χ0) is 7.40. The molecule has 0 spiro atoms. The minimum Gasteiger partial charge on any atom is -0.329 e. The molecule has 0 amide bonds. The Morgan fingerprint density at radius 3 is 2.91 bits per heavy atom. The van der Waals surface area contributed by atoms with Gasteiger partial charge in [-0.3, -0.25) is 4.57 Å². The summed E-state index contributed by atoms with van der Waals surface area (Å²) in [6, 6.07) is 1.71. The normalized spacial score (nSPS) is 8.82. The van der Waals surface area contributed by atoms with Crippen LogP contribution in [-0.4, -0.2) is 16.1 Å². The lowest BCUT2D eigenvalue weighted by Gasteiger charge is -1.98. The van der Waals surface area contributed by atoms with Crippen LogP contribution in [0.2, 0.25) is 0 Å².